The van der Waals surface area contributed by atoms with E-state index in [-0.39, 0.29) is 11.5 Å². The summed E-state index contributed by atoms with van der Waals surface area (Å²) in [5.41, 5.74) is 3.25. The first-order chi connectivity index (χ1) is 18.4. The van der Waals surface area contributed by atoms with Crippen LogP contribution in [0.4, 0.5) is 5.69 Å². The molecule has 9 heteroatoms. The first-order valence-electron chi connectivity index (χ1n) is 13.0. The van der Waals surface area contributed by atoms with E-state index in [0.717, 1.165) is 60.6 Å². The molecule has 2 saturated heterocycles. The van der Waals surface area contributed by atoms with Crippen LogP contribution in [0.25, 0.3) is 17.0 Å². The summed E-state index contributed by atoms with van der Waals surface area (Å²) in [5.74, 6) is 0.586. The molecule has 0 aliphatic carbocycles. The zero-order chi connectivity index (χ0) is 26.8. The molecule has 2 aliphatic heterocycles. The van der Waals surface area contributed by atoms with Crippen molar-refractivity contribution in [1.82, 2.24) is 14.4 Å². The normalized spacial score (nSPS) is 17.7. The Morgan fingerprint density at radius 1 is 0.974 bits per heavy atom. The number of benzene rings is 2. The number of thiocarbonyl (C=S) groups is 1. The molecule has 0 spiro atoms. The second kappa shape index (κ2) is 11.3. The number of nitrogens with zero attached hydrogens (tertiary/aromatic N) is 4. The summed E-state index contributed by atoms with van der Waals surface area (Å²) in [5, 5.41) is 1.03. The minimum absolute atomic E-state index is 0.0838. The van der Waals surface area contributed by atoms with E-state index in [2.05, 4.69) is 22.8 Å². The van der Waals surface area contributed by atoms with Crippen molar-refractivity contribution < 1.29 is 9.53 Å². The van der Waals surface area contributed by atoms with Crippen LogP contribution >= 0.6 is 24.0 Å². The maximum Gasteiger partial charge on any atom is 0.266 e. The number of aryl methyl sites for hydroxylation is 1. The fourth-order valence-corrected chi connectivity index (χ4v) is 6.40. The first-order valence-corrected chi connectivity index (χ1v) is 14.2. The van der Waals surface area contributed by atoms with Crippen LogP contribution in [-0.2, 0) is 17.9 Å². The fourth-order valence-electron chi connectivity index (χ4n) is 5.16. The van der Waals surface area contributed by atoms with E-state index in [0.29, 0.717) is 27.9 Å². The van der Waals surface area contributed by atoms with Gasteiger partial charge in [0.15, 0.2) is 0 Å². The maximum atomic E-state index is 13.9. The van der Waals surface area contributed by atoms with Crippen LogP contribution in [0.15, 0.2) is 58.2 Å². The monoisotopic (exact) mass is 548 g/mol. The number of hydrogen-bond acceptors (Lipinski definition) is 7. The SMILES string of the molecule is CCN1CCN(c2c(C=C3SC(=S)N(Cc4ccc(OC)cc4)C3=O)c(=O)n(CC)c3ccccc23)CC1. The van der Waals surface area contributed by atoms with Crippen molar-refractivity contribution in [2.75, 3.05) is 44.7 Å². The van der Waals surface area contributed by atoms with E-state index in [4.69, 9.17) is 17.0 Å². The Morgan fingerprint density at radius 2 is 1.68 bits per heavy atom. The summed E-state index contributed by atoms with van der Waals surface area (Å²) in [6.07, 6.45) is 1.77. The Hall–Kier alpha value is -3.14. The molecule has 3 heterocycles. The molecule has 3 aromatic rings. The van der Waals surface area contributed by atoms with Gasteiger partial charge in [-0.3, -0.25) is 14.5 Å². The van der Waals surface area contributed by atoms with Crippen LogP contribution in [0.2, 0.25) is 0 Å². The number of piperazine rings is 1. The number of fused-ring (bicyclic) bond motifs is 1. The van der Waals surface area contributed by atoms with Gasteiger partial charge in [-0.1, -0.05) is 61.2 Å². The number of methoxy groups -OCH3 is 1. The van der Waals surface area contributed by atoms with Gasteiger partial charge >= 0.3 is 0 Å². The average Bonchev–Trinajstić information content (AvgIpc) is 3.21. The molecule has 2 aliphatic rings. The van der Waals surface area contributed by atoms with Crippen LogP contribution in [0.3, 0.4) is 0 Å². The number of carbonyl (C=O) groups excluding carboxylic acids is 1. The molecule has 2 aromatic carbocycles. The van der Waals surface area contributed by atoms with Gasteiger partial charge in [-0.2, -0.15) is 0 Å². The number of amides is 1. The molecule has 0 atom stereocenters. The molecule has 7 nitrogen and oxygen atoms in total. The number of rotatable bonds is 7. The number of carbonyl (C=O) groups is 1. The highest BCUT2D eigenvalue weighted by Gasteiger charge is 2.33. The highest BCUT2D eigenvalue weighted by atomic mass is 32.2. The number of likely N-dealkylation sites (N-methyl/N-ethyl adjacent to an activating group) is 1. The first kappa shape index (κ1) is 26.5. The van der Waals surface area contributed by atoms with Crippen LogP contribution < -0.4 is 15.2 Å². The molecule has 0 N–H and O–H groups in total. The van der Waals surface area contributed by atoms with E-state index < -0.39 is 0 Å². The van der Waals surface area contributed by atoms with Crippen molar-refractivity contribution in [1.29, 1.82) is 0 Å². The smallest absolute Gasteiger partial charge is 0.266 e. The van der Waals surface area contributed by atoms with Gasteiger partial charge in [-0.05, 0) is 43.3 Å². The fraction of sp³-hybridized carbons (Fsp3) is 0.345. The van der Waals surface area contributed by atoms with E-state index in [9.17, 15) is 9.59 Å². The molecule has 5 rings (SSSR count). The molecular formula is C29H32N4O3S2. The van der Waals surface area contributed by atoms with Crippen LogP contribution in [0, 0.1) is 0 Å². The molecule has 38 heavy (non-hydrogen) atoms. The molecule has 1 amide bonds. The van der Waals surface area contributed by atoms with Gasteiger partial charge in [0.2, 0.25) is 0 Å². The third kappa shape index (κ3) is 4.98. The van der Waals surface area contributed by atoms with Crippen molar-refractivity contribution >= 4 is 56.9 Å². The second-order valence-electron chi connectivity index (χ2n) is 9.37. The molecule has 1 aromatic heterocycles. The highest BCUT2D eigenvalue weighted by Crippen LogP contribution is 2.37. The Bertz CT molecular complexity index is 1460. The number of para-hydroxylation sites is 1. The third-order valence-corrected chi connectivity index (χ3v) is 8.66. The minimum atomic E-state index is -0.173. The van der Waals surface area contributed by atoms with Crippen molar-refractivity contribution in [2.24, 2.45) is 0 Å². The lowest BCUT2D eigenvalue weighted by Crippen LogP contribution is -2.47. The van der Waals surface area contributed by atoms with Crippen molar-refractivity contribution in [3.63, 3.8) is 0 Å². The van der Waals surface area contributed by atoms with Crippen LogP contribution in [0.5, 0.6) is 5.75 Å². The molecule has 0 bridgehead atoms. The number of hydrogen-bond donors (Lipinski definition) is 0. The van der Waals surface area contributed by atoms with Crippen molar-refractivity contribution in [3.8, 4) is 5.75 Å². The quantitative estimate of drug-likeness (QED) is 0.317. The lowest BCUT2D eigenvalue weighted by Gasteiger charge is -2.37. The van der Waals surface area contributed by atoms with Gasteiger partial charge in [-0.15, -0.1) is 0 Å². The molecule has 0 saturated carbocycles. The van der Waals surface area contributed by atoms with Gasteiger partial charge in [-0.25, -0.2) is 0 Å². The summed E-state index contributed by atoms with van der Waals surface area (Å²) >= 11 is 6.86. The summed E-state index contributed by atoms with van der Waals surface area (Å²) in [6, 6.07) is 15.7. The van der Waals surface area contributed by atoms with Gasteiger partial charge in [0.05, 0.1) is 35.3 Å². The Kier molecular flexibility index (Phi) is 7.88. The number of anilines is 1. The highest BCUT2D eigenvalue weighted by molar-refractivity contribution is 8.26. The van der Waals surface area contributed by atoms with Crippen molar-refractivity contribution in [3.05, 3.63) is 74.9 Å². The van der Waals surface area contributed by atoms with E-state index in [1.807, 2.05) is 49.4 Å². The van der Waals surface area contributed by atoms with Crippen LogP contribution in [0.1, 0.15) is 25.0 Å². The molecule has 2 fully saturated rings. The second-order valence-corrected chi connectivity index (χ2v) is 11.0. The number of thioether (sulfide) groups is 1. The molecule has 198 valence electrons. The summed E-state index contributed by atoms with van der Waals surface area (Å²) in [4.78, 5) is 34.3. The average molecular weight is 549 g/mol. The Morgan fingerprint density at radius 3 is 2.34 bits per heavy atom. The summed E-state index contributed by atoms with van der Waals surface area (Å²) < 4.78 is 7.53. The predicted octanol–water partition coefficient (Wildman–Crippen LogP) is 4.57. The number of ether oxygens (including phenoxy) is 1. The lowest BCUT2D eigenvalue weighted by atomic mass is 10.0. The van der Waals surface area contributed by atoms with E-state index in [1.54, 1.807) is 22.7 Å². The predicted molar refractivity (Wildman–Crippen MR) is 160 cm³/mol. The molecular weight excluding hydrogens is 516 g/mol. The van der Waals surface area contributed by atoms with Crippen molar-refractivity contribution in [2.45, 2.75) is 26.9 Å². The van der Waals surface area contributed by atoms with E-state index in [1.165, 1.54) is 11.8 Å². The maximum absolute atomic E-state index is 13.9. The largest absolute Gasteiger partial charge is 0.497 e. The zero-order valence-electron chi connectivity index (χ0n) is 22.0. The number of pyridine rings is 1. The van der Waals surface area contributed by atoms with Gasteiger partial charge in [0.1, 0.15) is 10.1 Å². The molecule has 0 radical (unpaired) electrons. The van der Waals surface area contributed by atoms with Gasteiger partial charge < -0.3 is 19.1 Å². The van der Waals surface area contributed by atoms with Gasteiger partial charge in [0, 0.05) is 38.1 Å². The van der Waals surface area contributed by atoms with Gasteiger partial charge in [0.25, 0.3) is 11.5 Å². The lowest BCUT2D eigenvalue weighted by molar-refractivity contribution is -0.122. The Balaban J connectivity index is 1.56. The Labute approximate surface area is 232 Å². The standard InChI is InChI=1S/C29H32N4O3S2/c1-4-30-14-16-31(17-15-30)26-22-8-6-7-9-24(22)32(5-2)27(34)23(26)18-25-28(35)33(29(37)38-25)19-20-10-12-21(36-3)13-11-20/h6-13,18H,4-5,14-17,19H2,1-3H3. The minimum Gasteiger partial charge on any atom is -0.497 e. The number of aromatic nitrogens is 1. The zero-order valence-corrected chi connectivity index (χ0v) is 23.6. The third-order valence-electron chi connectivity index (χ3n) is 7.28. The van der Waals surface area contributed by atoms with E-state index >= 15 is 0 Å². The topological polar surface area (TPSA) is 58.0 Å². The summed E-state index contributed by atoms with van der Waals surface area (Å²) in [7, 11) is 1.62. The molecule has 0 unspecified atom stereocenters. The van der Waals surface area contributed by atoms with Crippen LogP contribution in [-0.4, -0.2) is 64.4 Å². The summed E-state index contributed by atoms with van der Waals surface area (Å²) in [6.45, 7) is 9.60.